The second-order valence-electron chi connectivity index (χ2n) is 3.46. The molecule has 0 atom stereocenters. The fourth-order valence-corrected chi connectivity index (χ4v) is 1.97. The van der Waals surface area contributed by atoms with Crippen molar-refractivity contribution >= 4 is 28.9 Å². The van der Waals surface area contributed by atoms with Crippen molar-refractivity contribution in [1.82, 2.24) is 4.98 Å². The summed E-state index contributed by atoms with van der Waals surface area (Å²) in [5.74, 6) is 0.436. The fraction of sp³-hybridized carbons (Fsp3) is 0.0833. The highest BCUT2D eigenvalue weighted by Gasteiger charge is 2.08. The van der Waals surface area contributed by atoms with E-state index in [1.807, 2.05) is 12.1 Å². The minimum Gasteiger partial charge on any atom is -0.486 e. The number of nitrogens with two attached hydrogens (primary N) is 1. The molecule has 0 saturated carbocycles. The maximum Gasteiger partial charge on any atom is 0.157 e. The number of benzene rings is 1. The smallest absolute Gasteiger partial charge is 0.157 e. The Hall–Kier alpha value is -1.45. The van der Waals surface area contributed by atoms with Crippen LogP contribution in [0.4, 0.5) is 5.69 Å². The zero-order valence-corrected chi connectivity index (χ0v) is 10.4. The Balaban J connectivity index is 2.15. The first-order chi connectivity index (χ1) is 8.16. The van der Waals surface area contributed by atoms with E-state index in [1.54, 1.807) is 24.5 Å². The lowest BCUT2D eigenvalue weighted by atomic mass is 10.3. The third kappa shape index (κ3) is 3.02. The van der Waals surface area contributed by atoms with Gasteiger partial charge in [-0.2, -0.15) is 0 Å². The number of anilines is 1. The van der Waals surface area contributed by atoms with E-state index in [0.29, 0.717) is 28.1 Å². The van der Waals surface area contributed by atoms with Crippen LogP contribution in [0.1, 0.15) is 5.56 Å². The molecule has 0 aliphatic rings. The normalized spacial score (nSPS) is 10.2. The molecule has 0 aliphatic heterocycles. The maximum absolute atomic E-state index is 6.00. The predicted octanol–water partition coefficient (Wildman–Crippen LogP) is 3.55. The summed E-state index contributed by atoms with van der Waals surface area (Å²) in [6.07, 6.45) is 3.42. The van der Waals surface area contributed by atoms with Crippen LogP contribution in [0.3, 0.4) is 0 Å². The van der Waals surface area contributed by atoms with Crippen molar-refractivity contribution in [3.05, 3.63) is 52.3 Å². The van der Waals surface area contributed by atoms with Gasteiger partial charge in [0.1, 0.15) is 6.61 Å². The van der Waals surface area contributed by atoms with E-state index in [0.717, 1.165) is 5.56 Å². The molecule has 2 N–H and O–H groups in total. The average Bonchev–Trinajstić information content (AvgIpc) is 2.29. The predicted molar refractivity (Wildman–Crippen MR) is 69.4 cm³/mol. The molecule has 17 heavy (non-hydrogen) atoms. The Morgan fingerprint density at radius 3 is 2.53 bits per heavy atom. The molecule has 1 aromatic heterocycles. The van der Waals surface area contributed by atoms with Crippen molar-refractivity contribution in [3.63, 3.8) is 0 Å². The highest BCUT2D eigenvalue weighted by molar-refractivity contribution is 6.37. The molecular weight excluding hydrogens is 259 g/mol. The van der Waals surface area contributed by atoms with E-state index in [2.05, 4.69) is 4.98 Å². The van der Waals surface area contributed by atoms with Crippen molar-refractivity contribution in [3.8, 4) is 5.75 Å². The SMILES string of the molecule is Nc1cc(Cl)c(OCc2cccnc2)c(Cl)c1. The molecule has 1 aromatic carbocycles. The largest absolute Gasteiger partial charge is 0.486 e. The zero-order chi connectivity index (χ0) is 12.3. The van der Waals surface area contributed by atoms with Crippen LogP contribution in [0.15, 0.2) is 36.7 Å². The standard InChI is InChI=1S/C12H10Cl2N2O/c13-10-4-9(15)5-11(14)12(10)17-7-8-2-1-3-16-6-8/h1-6H,7,15H2. The van der Waals surface area contributed by atoms with Gasteiger partial charge in [0.25, 0.3) is 0 Å². The minimum atomic E-state index is 0.358. The van der Waals surface area contributed by atoms with Gasteiger partial charge in [-0.25, -0.2) is 0 Å². The topological polar surface area (TPSA) is 48.1 Å². The Bertz CT molecular complexity index is 494. The fourth-order valence-electron chi connectivity index (χ4n) is 1.36. The van der Waals surface area contributed by atoms with Gasteiger partial charge < -0.3 is 10.5 Å². The molecule has 5 heteroatoms. The van der Waals surface area contributed by atoms with E-state index in [-0.39, 0.29) is 0 Å². The number of rotatable bonds is 3. The molecule has 0 spiro atoms. The summed E-state index contributed by atoms with van der Waals surface area (Å²) in [5, 5.41) is 0.804. The van der Waals surface area contributed by atoms with Crippen LogP contribution in [0.5, 0.6) is 5.75 Å². The van der Waals surface area contributed by atoms with Crippen LogP contribution in [0.25, 0.3) is 0 Å². The van der Waals surface area contributed by atoms with Crippen LogP contribution in [0, 0.1) is 0 Å². The number of hydrogen-bond donors (Lipinski definition) is 1. The number of hydrogen-bond acceptors (Lipinski definition) is 3. The van der Waals surface area contributed by atoms with Gasteiger partial charge in [-0.1, -0.05) is 29.3 Å². The maximum atomic E-state index is 6.00. The molecule has 0 fully saturated rings. The molecule has 3 nitrogen and oxygen atoms in total. The molecule has 2 rings (SSSR count). The van der Waals surface area contributed by atoms with Crippen molar-refractivity contribution < 1.29 is 4.74 Å². The summed E-state index contributed by atoms with van der Waals surface area (Å²) in [6.45, 7) is 0.358. The highest BCUT2D eigenvalue weighted by Crippen LogP contribution is 2.35. The number of nitrogens with zero attached hydrogens (tertiary/aromatic N) is 1. The Labute approximate surface area is 109 Å². The first kappa shape index (κ1) is 12.0. The number of halogens is 2. The summed E-state index contributed by atoms with van der Waals surface area (Å²) >= 11 is 12.0. The van der Waals surface area contributed by atoms with Gasteiger partial charge in [0.05, 0.1) is 10.0 Å². The molecule has 88 valence electrons. The second-order valence-corrected chi connectivity index (χ2v) is 4.28. The molecule has 0 amide bonds. The zero-order valence-electron chi connectivity index (χ0n) is 8.86. The molecule has 0 aliphatic carbocycles. The molecular formula is C12H10Cl2N2O. The number of pyridine rings is 1. The summed E-state index contributed by atoms with van der Waals surface area (Å²) in [5.41, 5.74) is 7.05. The quantitative estimate of drug-likeness (QED) is 0.867. The van der Waals surface area contributed by atoms with Crippen LogP contribution < -0.4 is 10.5 Å². The minimum absolute atomic E-state index is 0.358. The van der Waals surface area contributed by atoms with Gasteiger partial charge in [0, 0.05) is 23.6 Å². The lowest BCUT2D eigenvalue weighted by molar-refractivity contribution is 0.306. The summed E-state index contributed by atoms with van der Waals surface area (Å²) in [4.78, 5) is 3.99. The molecule has 2 aromatic rings. The monoisotopic (exact) mass is 268 g/mol. The van der Waals surface area contributed by atoms with E-state index < -0.39 is 0 Å². The van der Waals surface area contributed by atoms with Gasteiger partial charge >= 0.3 is 0 Å². The van der Waals surface area contributed by atoms with Gasteiger partial charge in [0.2, 0.25) is 0 Å². The van der Waals surface area contributed by atoms with Crippen molar-refractivity contribution in [2.75, 3.05) is 5.73 Å². The Morgan fingerprint density at radius 2 is 1.94 bits per heavy atom. The van der Waals surface area contributed by atoms with E-state index in [4.69, 9.17) is 33.7 Å². The van der Waals surface area contributed by atoms with E-state index in [9.17, 15) is 0 Å². The third-order valence-corrected chi connectivity index (χ3v) is 2.69. The summed E-state index contributed by atoms with van der Waals surface area (Å²) in [7, 11) is 0. The van der Waals surface area contributed by atoms with Gasteiger partial charge in [-0.05, 0) is 18.2 Å². The van der Waals surface area contributed by atoms with Crippen molar-refractivity contribution in [1.29, 1.82) is 0 Å². The van der Waals surface area contributed by atoms with Crippen LogP contribution in [-0.2, 0) is 6.61 Å². The summed E-state index contributed by atoms with van der Waals surface area (Å²) in [6, 6.07) is 6.95. The van der Waals surface area contributed by atoms with Gasteiger partial charge in [-0.3, -0.25) is 4.98 Å². The van der Waals surface area contributed by atoms with Gasteiger partial charge in [0.15, 0.2) is 5.75 Å². The number of ether oxygens (including phenoxy) is 1. The van der Waals surface area contributed by atoms with Crippen LogP contribution >= 0.6 is 23.2 Å². The van der Waals surface area contributed by atoms with Crippen LogP contribution in [-0.4, -0.2) is 4.98 Å². The van der Waals surface area contributed by atoms with Crippen molar-refractivity contribution in [2.45, 2.75) is 6.61 Å². The Morgan fingerprint density at radius 1 is 1.24 bits per heavy atom. The number of aromatic nitrogens is 1. The molecule has 1 heterocycles. The number of nitrogen functional groups attached to an aromatic ring is 1. The first-order valence-corrected chi connectivity index (χ1v) is 5.68. The first-order valence-electron chi connectivity index (χ1n) is 4.93. The van der Waals surface area contributed by atoms with Gasteiger partial charge in [-0.15, -0.1) is 0 Å². The summed E-state index contributed by atoms with van der Waals surface area (Å²) < 4.78 is 5.55. The van der Waals surface area contributed by atoms with E-state index in [1.165, 1.54) is 0 Å². The Kier molecular flexibility index (Phi) is 3.71. The highest BCUT2D eigenvalue weighted by atomic mass is 35.5. The molecule has 0 saturated heterocycles. The van der Waals surface area contributed by atoms with E-state index >= 15 is 0 Å². The average molecular weight is 269 g/mol. The molecule has 0 radical (unpaired) electrons. The van der Waals surface area contributed by atoms with Crippen molar-refractivity contribution in [2.24, 2.45) is 0 Å². The second kappa shape index (κ2) is 5.25. The third-order valence-electron chi connectivity index (χ3n) is 2.13. The molecule has 0 unspecified atom stereocenters. The van der Waals surface area contributed by atoms with Crippen LogP contribution in [0.2, 0.25) is 10.0 Å². The molecule has 0 bridgehead atoms. The lowest BCUT2D eigenvalue weighted by Gasteiger charge is -2.10. The lowest BCUT2D eigenvalue weighted by Crippen LogP contribution is -1.97.